The zero-order valence-corrected chi connectivity index (χ0v) is 17.8. The second kappa shape index (κ2) is 8.40. The second-order valence-electron chi connectivity index (χ2n) is 7.56. The third-order valence-corrected chi connectivity index (χ3v) is 6.07. The number of fused-ring (bicyclic) bond motifs is 1. The van der Waals surface area contributed by atoms with Crippen LogP contribution in [0.3, 0.4) is 0 Å². The van der Waals surface area contributed by atoms with E-state index < -0.39 is 17.9 Å². The summed E-state index contributed by atoms with van der Waals surface area (Å²) in [7, 11) is 0. The molecule has 0 radical (unpaired) electrons. The highest BCUT2D eigenvalue weighted by molar-refractivity contribution is 6.36. The van der Waals surface area contributed by atoms with Crippen molar-refractivity contribution in [3.63, 3.8) is 0 Å². The maximum atomic E-state index is 13.9. The smallest absolute Gasteiger partial charge is 0.303 e. The molecule has 0 unspecified atom stereocenters. The quantitative estimate of drug-likeness (QED) is 0.408. The number of rotatable bonds is 7. The van der Waals surface area contributed by atoms with Gasteiger partial charge in [0.1, 0.15) is 17.7 Å². The van der Waals surface area contributed by atoms with E-state index in [1.54, 1.807) is 19.2 Å². The molecular formula is C23H20Cl2FNO3. The van der Waals surface area contributed by atoms with Gasteiger partial charge in [0.2, 0.25) is 0 Å². The molecule has 156 valence electrons. The topological polar surface area (TPSA) is 59.4 Å². The van der Waals surface area contributed by atoms with Gasteiger partial charge in [-0.05, 0) is 73.6 Å². The van der Waals surface area contributed by atoms with Crippen LogP contribution in [0.2, 0.25) is 10.0 Å². The Labute approximate surface area is 183 Å². The molecular weight excluding hydrogens is 428 g/mol. The van der Waals surface area contributed by atoms with E-state index in [4.69, 9.17) is 33.0 Å². The van der Waals surface area contributed by atoms with Crippen molar-refractivity contribution in [2.75, 3.05) is 0 Å². The van der Waals surface area contributed by atoms with Crippen LogP contribution in [0.1, 0.15) is 54.9 Å². The molecule has 1 aliphatic rings. The average Bonchev–Trinajstić information content (AvgIpc) is 3.54. The molecule has 3 aromatic rings. The summed E-state index contributed by atoms with van der Waals surface area (Å²) in [5, 5.41) is 10.3. The van der Waals surface area contributed by atoms with E-state index in [0.29, 0.717) is 28.7 Å². The lowest BCUT2D eigenvalue weighted by atomic mass is 9.96. The summed E-state index contributed by atoms with van der Waals surface area (Å²) >= 11 is 12.3. The van der Waals surface area contributed by atoms with E-state index in [1.165, 1.54) is 12.1 Å². The van der Waals surface area contributed by atoms with Crippen molar-refractivity contribution in [2.45, 2.75) is 44.6 Å². The number of ether oxygens (including phenoxy) is 1. The summed E-state index contributed by atoms with van der Waals surface area (Å²) in [6.45, 7) is 1.76. The van der Waals surface area contributed by atoms with Crippen LogP contribution >= 0.6 is 23.2 Å². The number of benzene rings is 2. The van der Waals surface area contributed by atoms with Crippen molar-refractivity contribution in [3.8, 4) is 5.75 Å². The molecule has 0 bridgehead atoms. The number of carboxylic acids is 1. The standard InChI is InChI=1S/C23H20Cl2FNO3/c1-12(21-17(24)6-7-18(26)23(21)25)30-15-5-8-19-16(10-15)22(13-2-3-13)14(11-27-19)4-9-20(28)29/h5-8,10-13H,2-4,9H2,1H3,(H,28,29)/t12-/m0/s1. The molecule has 0 saturated heterocycles. The van der Waals surface area contributed by atoms with Crippen LogP contribution in [0.4, 0.5) is 4.39 Å². The molecule has 0 spiro atoms. The number of pyridine rings is 1. The van der Waals surface area contributed by atoms with Crippen LogP contribution in [0, 0.1) is 5.82 Å². The monoisotopic (exact) mass is 447 g/mol. The summed E-state index contributed by atoms with van der Waals surface area (Å²) in [5.74, 6) is -0.371. The Hall–Kier alpha value is -2.37. The summed E-state index contributed by atoms with van der Waals surface area (Å²) in [4.78, 5) is 15.5. The zero-order valence-electron chi connectivity index (χ0n) is 16.3. The van der Waals surface area contributed by atoms with Gasteiger partial charge in [0.15, 0.2) is 0 Å². The van der Waals surface area contributed by atoms with Crippen LogP contribution in [0.15, 0.2) is 36.5 Å². The van der Waals surface area contributed by atoms with E-state index in [0.717, 1.165) is 34.9 Å². The first-order chi connectivity index (χ1) is 14.3. The Balaban J connectivity index is 1.70. The van der Waals surface area contributed by atoms with Crippen molar-refractivity contribution in [3.05, 3.63) is 69.1 Å². The van der Waals surface area contributed by atoms with Gasteiger partial charge in [-0.25, -0.2) is 4.39 Å². The lowest BCUT2D eigenvalue weighted by Gasteiger charge is -2.19. The van der Waals surface area contributed by atoms with E-state index in [-0.39, 0.29) is 11.4 Å². The summed E-state index contributed by atoms with van der Waals surface area (Å²) in [6, 6.07) is 8.28. The van der Waals surface area contributed by atoms with Crippen LogP contribution in [-0.4, -0.2) is 16.1 Å². The number of halogens is 3. The van der Waals surface area contributed by atoms with Crippen LogP contribution in [-0.2, 0) is 11.2 Å². The third kappa shape index (κ3) is 4.23. The number of carbonyl (C=O) groups is 1. The Bertz CT molecular complexity index is 1130. The first kappa shape index (κ1) is 20.9. The number of aryl methyl sites for hydroxylation is 1. The number of carboxylic acid groups (broad SMARTS) is 1. The van der Waals surface area contributed by atoms with Gasteiger partial charge in [-0.2, -0.15) is 0 Å². The molecule has 1 atom stereocenters. The van der Waals surface area contributed by atoms with Gasteiger partial charge in [0, 0.05) is 28.6 Å². The predicted octanol–water partition coefficient (Wildman–Crippen LogP) is 6.72. The highest BCUT2D eigenvalue weighted by Crippen LogP contribution is 2.45. The molecule has 7 heteroatoms. The summed E-state index contributed by atoms with van der Waals surface area (Å²) < 4.78 is 20.0. The van der Waals surface area contributed by atoms with Crippen molar-refractivity contribution < 1.29 is 19.0 Å². The van der Waals surface area contributed by atoms with Gasteiger partial charge >= 0.3 is 5.97 Å². The lowest BCUT2D eigenvalue weighted by Crippen LogP contribution is -2.06. The fraction of sp³-hybridized carbons (Fsp3) is 0.304. The maximum Gasteiger partial charge on any atom is 0.303 e. The SMILES string of the molecule is C[C@H](Oc1ccc2ncc(CCC(=O)O)c(C3CC3)c2c1)c1c(Cl)ccc(F)c1Cl. The molecule has 1 saturated carbocycles. The Morgan fingerprint density at radius 3 is 2.77 bits per heavy atom. The lowest BCUT2D eigenvalue weighted by molar-refractivity contribution is -0.136. The Morgan fingerprint density at radius 2 is 2.07 bits per heavy atom. The minimum atomic E-state index is -0.827. The number of aromatic nitrogens is 1. The van der Waals surface area contributed by atoms with Gasteiger partial charge in [-0.15, -0.1) is 0 Å². The molecule has 2 aromatic carbocycles. The molecule has 1 aliphatic carbocycles. The van der Waals surface area contributed by atoms with Crippen LogP contribution < -0.4 is 4.74 Å². The molecule has 30 heavy (non-hydrogen) atoms. The van der Waals surface area contributed by atoms with Crippen LogP contribution in [0.25, 0.3) is 10.9 Å². The van der Waals surface area contributed by atoms with Crippen molar-refractivity contribution in [1.29, 1.82) is 0 Å². The molecule has 0 aliphatic heterocycles. The third-order valence-electron chi connectivity index (χ3n) is 5.36. The largest absolute Gasteiger partial charge is 0.486 e. The molecule has 1 N–H and O–H groups in total. The number of nitrogens with zero attached hydrogens (tertiary/aromatic N) is 1. The highest BCUT2D eigenvalue weighted by atomic mass is 35.5. The first-order valence-corrected chi connectivity index (χ1v) is 10.5. The van der Waals surface area contributed by atoms with Crippen molar-refractivity contribution in [2.24, 2.45) is 0 Å². The fourth-order valence-electron chi connectivity index (χ4n) is 3.78. The van der Waals surface area contributed by atoms with Crippen molar-refractivity contribution >= 4 is 40.1 Å². The molecule has 1 fully saturated rings. The molecule has 4 rings (SSSR count). The van der Waals surface area contributed by atoms with Gasteiger partial charge < -0.3 is 9.84 Å². The number of hydrogen-bond acceptors (Lipinski definition) is 3. The van der Waals surface area contributed by atoms with Gasteiger partial charge in [0.05, 0.1) is 10.5 Å². The average molecular weight is 448 g/mol. The van der Waals surface area contributed by atoms with Gasteiger partial charge in [-0.3, -0.25) is 9.78 Å². The number of aliphatic carboxylic acids is 1. The molecule has 1 heterocycles. The summed E-state index contributed by atoms with van der Waals surface area (Å²) in [6.07, 6.45) is 3.89. The fourth-order valence-corrected chi connectivity index (χ4v) is 4.46. The minimum absolute atomic E-state index is 0.0490. The Morgan fingerprint density at radius 1 is 1.30 bits per heavy atom. The minimum Gasteiger partial charge on any atom is -0.486 e. The van der Waals surface area contributed by atoms with E-state index >= 15 is 0 Å². The summed E-state index contributed by atoms with van der Waals surface area (Å²) in [5.41, 5.74) is 3.35. The van der Waals surface area contributed by atoms with E-state index in [2.05, 4.69) is 4.98 Å². The van der Waals surface area contributed by atoms with Gasteiger partial charge in [-0.1, -0.05) is 23.2 Å². The van der Waals surface area contributed by atoms with E-state index in [9.17, 15) is 9.18 Å². The molecule has 4 nitrogen and oxygen atoms in total. The zero-order chi connectivity index (χ0) is 21.4. The highest BCUT2D eigenvalue weighted by Gasteiger charge is 2.29. The van der Waals surface area contributed by atoms with Crippen molar-refractivity contribution in [1.82, 2.24) is 4.98 Å². The van der Waals surface area contributed by atoms with Crippen LogP contribution in [0.5, 0.6) is 5.75 Å². The Kier molecular flexibility index (Phi) is 5.85. The van der Waals surface area contributed by atoms with Gasteiger partial charge in [0.25, 0.3) is 0 Å². The molecule has 0 amide bonds. The normalized spacial score (nSPS) is 14.7. The number of hydrogen-bond donors (Lipinski definition) is 1. The first-order valence-electron chi connectivity index (χ1n) is 9.78. The second-order valence-corrected chi connectivity index (χ2v) is 8.35. The predicted molar refractivity (Wildman–Crippen MR) is 115 cm³/mol. The maximum absolute atomic E-state index is 13.9. The molecule has 1 aromatic heterocycles. The van der Waals surface area contributed by atoms with E-state index in [1.807, 2.05) is 12.1 Å².